The maximum Gasteiger partial charge on any atom is 0.341 e. The van der Waals surface area contributed by atoms with Gasteiger partial charge in [0.05, 0.1) is 6.61 Å². The Morgan fingerprint density at radius 2 is 2.19 bits per heavy atom. The van der Waals surface area contributed by atoms with Gasteiger partial charge in [-0.25, -0.2) is 4.79 Å². The first-order chi connectivity index (χ1) is 7.65. The van der Waals surface area contributed by atoms with Crippen LogP contribution >= 0.6 is 0 Å². The molecular weight excluding hydrogens is 204 g/mol. The number of benzene rings is 1. The zero-order chi connectivity index (χ0) is 11.7. The molecule has 86 valence electrons. The quantitative estimate of drug-likeness (QED) is 0.719. The molecule has 0 aliphatic carbocycles. The third kappa shape index (κ3) is 1.66. The SMILES string of the molecule is CCOC(=O)c1cccc2c1OC(C)C2C. The Hall–Kier alpha value is -1.51. The summed E-state index contributed by atoms with van der Waals surface area (Å²) in [5.74, 6) is 0.714. The van der Waals surface area contributed by atoms with Crippen LogP contribution in [0.25, 0.3) is 0 Å². The average Bonchev–Trinajstić information content (AvgIpc) is 2.55. The number of carbonyl (C=O) groups is 1. The van der Waals surface area contributed by atoms with Crippen LogP contribution in [0.15, 0.2) is 18.2 Å². The molecule has 2 unspecified atom stereocenters. The highest BCUT2D eigenvalue weighted by atomic mass is 16.5. The van der Waals surface area contributed by atoms with Crippen molar-refractivity contribution in [3.8, 4) is 5.75 Å². The Labute approximate surface area is 95.4 Å². The lowest BCUT2D eigenvalue weighted by Crippen LogP contribution is -2.11. The Balaban J connectivity index is 2.40. The van der Waals surface area contributed by atoms with E-state index in [1.807, 2.05) is 19.1 Å². The number of hydrogen-bond donors (Lipinski definition) is 0. The van der Waals surface area contributed by atoms with Gasteiger partial charge in [0.25, 0.3) is 0 Å². The van der Waals surface area contributed by atoms with Crippen LogP contribution in [0.2, 0.25) is 0 Å². The Morgan fingerprint density at radius 1 is 1.44 bits per heavy atom. The van der Waals surface area contributed by atoms with Crippen molar-refractivity contribution < 1.29 is 14.3 Å². The van der Waals surface area contributed by atoms with Crippen molar-refractivity contribution in [3.05, 3.63) is 29.3 Å². The zero-order valence-electron chi connectivity index (χ0n) is 9.82. The Bertz CT molecular complexity index is 412. The number of hydrogen-bond acceptors (Lipinski definition) is 3. The lowest BCUT2D eigenvalue weighted by Gasteiger charge is -2.08. The third-order valence-corrected chi connectivity index (χ3v) is 3.04. The Morgan fingerprint density at radius 3 is 2.88 bits per heavy atom. The number of ether oxygens (including phenoxy) is 2. The van der Waals surface area contributed by atoms with Crippen LogP contribution in [-0.4, -0.2) is 18.7 Å². The number of esters is 1. The summed E-state index contributed by atoms with van der Waals surface area (Å²) in [6, 6.07) is 5.64. The van der Waals surface area contributed by atoms with E-state index in [9.17, 15) is 4.79 Å². The molecule has 3 nitrogen and oxygen atoms in total. The minimum absolute atomic E-state index is 0.116. The van der Waals surface area contributed by atoms with Crippen molar-refractivity contribution in [3.63, 3.8) is 0 Å². The van der Waals surface area contributed by atoms with Gasteiger partial charge in [0.15, 0.2) is 0 Å². The molecule has 0 saturated heterocycles. The van der Waals surface area contributed by atoms with Gasteiger partial charge in [0, 0.05) is 11.5 Å². The molecule has 1 heterocycles. The predicted octanol–water partition coefficient (Wildman–Crippen LogP) is 2.75. The van der Waals surface area contributed by atoms with Crippen molar-refractivity contribution in [1.82, 2.24) is 0 Å². The molecule has 0 fully saturated rings. The van der Waals surface area contributed by atoms with E-state index in [0.29, 0.717) is 23.8 Å². The van der Waals surface area contributed by atoms with Crippen LogP contribution in [0.4, 0.5) is 0 Å². The first-order valence-electron chi connectivity index (χ1n) is 5.61. The normalized spacial score (nSPS) is 22.4. The van der Waals surface area contributed by atoms with E-state index in [1.54, 1.807) is 13.0 Å². The number of para-hydroxylation sites is 1. The van der Waals surface area contributed by atoms with Crippen LogP contribution in [-0.2, 0) is 4.74 Å². The van der Waals surface area contributed by atoms with Gasteiger partial charge in [0.1, 0.15) is 17.4 Å². The largest absolute Gasteiger partial charge is 0.489 e. The van der Waals surface area contributed by atoms with Crippen LogP contribution in [0.3, 0.4) is 0 Å². The molecule has 1 aromatic carbocycles. The minimum Gasteiger partial charge on any atom is -0.489 e. The smallest absolute Gasteiger partial charge is 0.341 e. The van der Waals surface area contributed by atoms with E-state index < -0.39 is 0 Å². The molecule has 1 aliphatic heterocycles. The van der Waals surface area contributed by atoms with Crippen LogP contribution in [0.5, 0.6) is 5.75 Å². The van der Waals surface area contributed by atoms with Crippen molar-refractivity contribution >= 4 is 5.97 Å². The fourth-order valence-electron chi connectivity index (χ4n) is 1.96. The summed E-state index contributed by atoms with van der Waals surface area (Å²) in [6.45, 7) is 6.30. The van der Waals surface area contributed by atoms with Crippen molar-refractivity contribution in [2.24, 2.45) is 0 Å². The second-order valence-corrected chi connectivity index (χ2v) is 4.06. The van der Waals surface area contributed by atoms with Gasteiger partial charge >= 0.3 is 5.97 Å². The summed E-state index contributed by atoms with van der Waals surface area (Å²) in [4.78, 5) is 11.7. The molecule has 3 heteroatoms. The van der Waals surface area contributed by atoms with E-state index >= 15 is 0 Å². The third-order valence-electron chi connectivity index (χ3n) is 3.04. The molecule has 1 aliphatic rings. The summed E-state index contributed by atoms with van der Waals surface area (Å²) in [5, 5.41) is 0. The lowest BCUT2D eigenvalue weighted by molar-refractivity contribution is 0.0521. The molecule has 16 heavy (non-hydrogen) atoms. The zero-order valence-corrected chi connectivity index (χ0v) is 9.82. The van der Waals surface area contributed by atoms with Gasteiger partial charge in [0.2, 0.25) is 0 Å². The molecule has 0 bridgehead atoms. The van der Waals surface area contributed by atoms with Gasteiger partial charge < -0.3 is 9.47 Å². The molecule has 1 aromatic rings. The van der Waals surface area contributed by atoms with E-state index in [4.69, 9.17) is 9.47 Å². The lowest BCUT2D eigenvalue weighted by atomic mass is 9.97. The van der Waals surface area contributed by atoms with Gasteiger partial charge in [-0.15, -0.1) is 0 Å². The fourth-order valence-corrected chi connectivity index (χ4v) is 1.96. The molecule has 0 radical (unpaired) electrons. The predicted molar refractivity (Wildman–Crippen MR) is 60.9 cm³/mol. The van der Waals surface area contributed by atoms with E-state index in [1.165, 1.54) is 0 Å². The van der Waals surface area contributed by atoms with Crippen molar-refractivity contribution in [1.29, 1.82) is 0 Å². The summed E-state index contributed by atoms with van der Waals surface area (Å²) in [7, 11) is 0. The Kier molecular flexibility index (Phi) is 2.86. The van der Waals surface area contributed by atoms with Gasteiger partial charge in [-0.1, -0.05) is 19.1 Å². The molecule has 0 N–H and O–H groups in total. The molecule has 2 rings (SSSR count). The highest BCUT2D eigenvalue weighted by Crippen LogP contribution is 2.40. The average molecular weight is 220 g/mol. The van der Waals surface area contributed by atoms with Gasteiger partial charge in [-0.2, -0.15) is 0 Å². The van der Waals surface area contributed by atoms with E-state index in [0.717, 1.165) is 5.56 Å². The first kappa shape index (κ1) is 11.0. The monoisotopic (exact) mass is 220 g/mol. The molecular formula is C13H16O3. The second kappa shape index (κ2) is 4.16. The summed E-state index contributed by atoms with van der Waals surface area (Å²) in [5.41, 5.74) is 1.63. The first-order valence-corrected chi connectivity index (χ1v) is 5.61. The number of fused-ring (bicyclic) bond motifs is 1. The maximum absolute atomic E-state index is 11.7. The van der Waals surface area contributed by atoms with Crippen LogP contribution < -0.4 is 4.74 Å². The summed E-state index contributed by atoms with van der Waals surface area (Å²) < 4.78 is 10.7. The molecule has 0 saturated carbocycles. The summed E-state index contributed by atoms with van der Waals surface area (Å²) in [6.07, 6.45) is 0.116. The van der Waals surface area contributed by atoms with Gasteiger partial charge in [-0.3, -0.25) is 0 Å². The fraction of sp³-hybridized carbons (Fsp3) is 0.462. The van der Waals surface area contributed by atoms with Crippen LogP contribution in [0.1, 0.15) is 42.6 Å². The molecule has 0 amide bonds. The topological polar surface area (TPSA) is 35.5 Å². The maximum atomic E-state index is 11.7. The second-order valence-electron chi connectivity index (χ2n) is 4.06. The van der Waals surface area contributed by atoms with Gasteiger partial charge in [-0.05, 0) is 19.9 Å². The standard InChI is InChI=1S/C13H16O3/c1-4-15-13(14)11-7-5-6-10-8(2)9(3)16-12(10)11/h5-9H,4H2,1-3H3. The van der Waals surface area contributed by atoms with Crippen molar-refractivity contribution in [2.45, 2.75) is 32.8 Å². The van der Waals surface area contributed by atoms with E-state index in [2.05, 4.69) is 6.92 Å². The molecule has 2 atom stereocenters. The van der Waals surface area contributed by atoms with Crippen molar-refractivity contribution in [2.75, 3.05) is 6.61 Å². The van der Waals surface area contributed by atoms with E-state index in [-0.39, 0.29) is 12.1 Å². The molecule has 0 spiro atoms. The molecule has 0 aromatic heterocycles. The van der Waals surface area contributed by atoms with Crippen LogP contribution in [0, 0.1) is 0 Å². The minimum atomic E-state index is -0.305. The highest BCUT2D eigenvalue weighted by molar-refractivity contribution is 5.93. The number of rotatable bonds is 2. The highest BCUT2D eigenvalue weighted by Gasteiger charge is 2.31. The number of carbonyl (C=O) groups excluding carboxylic acids is 1. The summed E-state index contributed by atoms with van der Waals surface area (Å²) >= 11 is 0.